The molecule has 2 aromatic rings. The quantitative estimate of drug-likeness (QED) is 0.687. The molecule has 0 atom stereocenters. The molecule has 0 N–H and O–H groups in total. The van der Waals surface area contributed by atoms with Gasteiger partial charge in [-0.25, -0.2) is 4.39 Å². The molecule has 0 spiro atoms. The molecule has 0 aromatic heterocycles. The molecule has 0 aliphatic rings. The lowest BCUT2D eigenvalue weighted by Gasteiger charge is -2.06. The Morgan fingerprint density at radius 2 is 1.12 bits per heavy atom. The van der Waals surface area contributed by atoms with Gasteiger partial charge in [-0.3, -0.25) is 0 Å². The fourth-order valence-electron chi connectivity index (χ4n) is 1.55. The molecule has 0 heterocycles. The second kappa shape index (κ2) is 5.35. The van der Waals surface area contributed by atoms with E-state index in [-0.39, 0.29) is 0 Å². The number of hydrogen-bond donors (Lipinski definition) is 0. The van der Waals surface area contributed by atoms with Gasteiger partial charge >= 0.3 is 0 Å². The molecule has 0 radical (unpaired) electrons. The van der Waals surface area contributed by atoms with E-state index in [1.54, 1.807) is 48.5 Å². The Kier molecular flexibility index (Phi) is 3.82. The Labute approximate surface area is 109 Å². The van der Waals surface area contributed by atoms with Crippen molar-refractivity contribution in [2.24, 2.45) is 0 Å². The highest BCUT2D eigenvalue weighted by molar-refractivity contribution is 6.30. The van der Waals surface area contributed by atoms with Gasteiger partial charge in [-0.1, -0.05) is 47.5 Å². The van der Waals surface area contributed by atoms with Crippen molar-refractivity contribution in [1.82, 2.24) is 0 Å². The average molecular weight is 267 g/mol. The van der Waals surface area contributed by atoms with Crippen LogP contribution in [-0.4, -0.2) is 0 Å². The van der Waals surface area contributed by atoms with Crippen LogP contribution < -0.4 is 0 Å². The maximum Gasteiger partial charge on any atom is 0.0951 e. The van der Waals surface area contributed by atoms with Gasteiger partial charge in [0.15, 0.2) is 0 Å². The van der Waals surface area contributed by atoms with E-state index in [1.165, 1.54) is 0 Å². The van der Waals surface area contributed by atoms with E-state index in [0.717, 1.165) is 11.1 Å². The zero-order valence-corrected chi connectivity index (χ0v) is 10.3. The summed E-state index contributed by atoms with van der Waals surface area (Å²) in [5.74, 6) is 0. The maximum atomic E-state index is 13.0. The van der Waals surface area contributed by atoms with E-state index in [9.17, 15) is 4.39 Å². The van der Waals surface area contributed by atoms with E-state index in [2.05, 4.69) is 0 Å². The molecule has 3 heteroatoms. The molecular weight excluding hydrogens is 258 g/mol. The van der Waals surface area contributed by atoms with Crippen LogP contribution in [0, 0.1) is 0 Å². The molecule has 86 valence electrons. The third-order valence-electron chi connectivity index (χ3n) is 2.42. The maximum absolute atomic E-state index is 13.0. The van der Waals surface area contributed by atoms with Gasteiger partial charge in [-0.05, 0) is 35.4 Å². The van der Waals surface area contributed by atoms with Crippen molar-refractivity contribution in [3.63, 3.8) is 0 Å². The van der Waals surface area contributed by atoms with Crippen molar-refractivity contribution in [3.05, 3.63) is 76.0 Å². The molecule has 0 nitrogen and oxygen atoms in total. The summed E-state index contributed by atoms with van der Waals surface area (Å²) >= 11 is 11.6. The largest absolute Gasteiger partial charge is 0.215 e. The molecular formula is C14H9Cl2F. The topological polar surface area (TPSA) is 0 Å². The smallest absolute Gasteiger partial charge is 0.0951 e. The van der Waals surface area contributed by atoms with Gasteiger partial charge in [0, 0.05) is 15.6 Å². The first-order valence-electron chi connectivity index (χ1n) is 5.03. The van der Waals surface area contributed by atoms with Crippen LogP contribution in [0.3, 0.4) is 0 Å². The molecule has 0 fully saturated rings. The van der Waals surface area contributed by atoms with Crippen molar-refractivity contribution in [3.8, 4) is 0 Å². The molecule has 0 amide bonds. The SMILES string of the molecule is FC=C(c1ccc(Cl)cc1)c1ccc(Cl)cc1. The van der Waals surface area contributed by atoms with Crippen LogP contribution in [0.25, 0.3) is 5.57 Å². The molecule has 0 saturated heterocycles. The molecule has 17 heavy (non-hydrogen) atoms. The Bertz CT molecular complexity index is 480. The molecule has 0 bridgehead atoms. The molecule has 2 aromatic carbocycles. The Hall–Kier alpha value is -1.31. The van der Waals surface area contributed by atoms with Gasteiger partial charge in [-0.15, -0.1) is 0 Å². The zero-order valence-electron chi connectivity index (χ0n) is 8.83. The third-order valence-corrected chi connectivity index (χ3v) is 2.92. The summed E-state index contributed by atoms with van der Waals surface area (Å²) in [4.78, 5) is 0. The van der Waals surface area contributed by atoms with Gasteiger partial charge in [-0.2, -0.15) is 0 Å². The molecule has 0 aliphatic heterocycles. The fourth-order valence-corrected chi connectivity index (χ4v) is 1.80. The third kappa shape index (κ3) is 2.87. The van der Waals surface area contributed by atoms with E-state index in [4.69, 9.17) is 23.2 Å². The van der Waals surface area contributed by atoms with E-state index in [0.29, 0.717) is 21.9 Å². The minimum atomic E-state index is 0.512. The molecule has 0 saturated carbocycles. The first-order valence-corrected chi connectivity index (χ1v) is 5.78. The highest BCUT2D eigenvalue weighted by atomic mass is 35.5. The minimum Gasteiger partial charge on any atom is -0.215 e. The first kappa shape index (κ1) is 12.2. The van der Waals surface area contributed by atoms with Crippen molar-refractivity contribution >= 4 is 28.8 Å². The number of rotatable bonds is 2. The van der Waals surface area contributed by atoms with Gasteiger partial charge < -0.3 is 0 Å². The van der Waals surface area contributed by atoms with E-state index < -0.39 is 0 Å². The average Bonchev–Trinajstić information content (AvgIpc) is 2.35. The summed E-state index contributed by atoms with van der Waals surface area (Å²) in [5, 5.41) is 1.26. The summed E-state index contributed by atoms with van der Waals surface area (Å²) < 4.78 is 13.0. The number of benzene rings is 2. The Balaban J connectivity index is 2.41. The van der Waals surface area contributed by atoms with Gasteiger partial charge in [0.2, 0.25) is 0 Å². The van der Waals surface area contributed by atoms with Crippen LogP contribution in [0.2, 0.25) is 10.0 Å². The predicted molar refractivity (Wildman–Crippen MR) is 71.1 cm³/mol. The summed E-state index contributed by atoms with van der Waals surface area (Å²) in [6, 6.07) is 14.1. The number of halogens is 3. The molecule has 0 unspecified atom stereocenters. The normalized spacial score (nSPS) is 10.1. The van der Waals surface area contributed by atoms with Crippen LogP contribution in [-0.2, 0) is 0 Å². The summed E-state index contributed by atoms with van der Waals surface area (Å²) in [6.07, 6.45) is 0.590. The lowest BCUT2D eigenvalue weighted by molar-refractivity contribution is 0.724. The van der Waals surface area contributed by atoms with Gasteiger partial charge in [0.25, 0.3) is 0 Å². The monoisotopic (exact) mass is 266 g/mol. The molecule has 2 rings (SSSR count). The summed E-state index contributed by atoms with van der Waals surface area (Å²) in [5.41, 5.74) is 2.07. The summed E-state index contributed by atoms with van der Waals surface area (Å²) in [7, 11) is 0. The standard InChI is InChI=1S/C14H9Cl2F/c15-12-5-1-10(2-6-12)14(9-17)11-3-7-13(16)8-4-11/h1-9H. The lowest BCUT2D eigenvalue weighted by Crippen LogP contribution is -1.86. The number of hydrogen-bond acceptors (Lipinski definition) is 0. The van der Waals surface area contributed by atoms with Crippen LogP contribution in [0.15, 0.2) is 54.9 Å². The molecule has 0 aliphatic carbocycles. The first-order chi connectivity index (χ1) is 8.20. The van der Waals surface area contributed by atoms with E-state index in [1.807, 2.05) is 0 Å². The Morgan fingerprint density at radius 3 is 1.41 bits per heavy atom. The van der Waals surface area contributed by atoms with Gasteiger partial charge in [0.05, 0.1) is 6.33 Å². The minimum absolute atomic E-state index is 0.512. The van der Waals surface area contributed by atoms with Crippen molar-refractivity contribution < 1.29 is 4.39 Å². The Morgan fingerprint density at radius 1 is 0.765 bits per heavy atom. The van der Waals surface area contributed by atoms with Crippen LogP contribution >= 0.6 is 23.2 Å². The highest BCUT2D eigenvalue weighted by Gasteiger charge is 2.05. The van der Waals surface area contributed by atoms with Crippen LogP contribution in [0.5, 0.6) is 0 Å². The lowest BCUT2D eigenvalue weighted by atomic mass is 10.00. The fraction of sp³-hybridized carbons (Fsp3) is 0. The highest BCUT2D eigenvalue weighted by Crippen LogP contribution is 2.25. The van der Waals surface area contributed by atoms with Crippen LogP contribution in [0.1, 0.15) is 11.1 Å². The zero-order chi connectivity index (χ0) is 12.3. The summed E-state index contributed by atoms with van der Waals surface area (Å²) in [6.45, 7) is 0. The predicted octanol–water partition coefficient (Wildman–Crippen LogP) is 5.35. The van der Waals surface area contributed by atoms with Crippen molar-refractivity contribution in [1.29, 1.82) is 0 Å². The van der Waals surface area contributed by atoms with Crippen molar-refractivity contribution in [2.45, 2.75) is 0 Å². The van der Waals surface area contributed by atoms with Crippen LogP contribution in [0.4, 0.5) is 4.39 Å². The second-order valence-corrected chi connectivity index (χ2v) is 4.41. The van der Waals surface area contributed by atoms with Gasteiger partial charge in [0.1, 0.15) is 0 Å². The van der Waals surface area contributed by atoms with E-state index >= 15 is 0 Å². The van der Waals surface area contributed by atoms with Crippen molar-refractivity contribution in [2.75, 3.05) is 0 Å². The second-order valence-electron chi connectivity index (χ2n) is 3.54.